The number of benzene rings is 3. The van der Waals surface area contributed by atoms with Gasteiger partial charge in [-0.15, -0.1) is 0 Å². The SMILES string of the molecule is Fc1ccc(-c2ccc(-c3cc[c]cc3)cc2)cc1. The Labute approximate surface area is 112 Å². The molecule has 1 heteroatoms. The molecule has 0 fully saturated rings. The van der Waals surface area contributed by atoms with Crippen LogP contribution >= 0.6 is 0 Å². The Balaban J connectivity index is 1.93. The van der Waals surface area contributed by atoms with E-state index >= 15 is 0 Å². The second kappa shape index (κ2) is 5.07. The minimum Gasteiger partial charge on any atom is -0.207 e. The van der Waals surface area contributed by atoms with Crippen LogP contribution in [0.1, 0.15) is 0 Å². The van der Waals surface area contributed by atoms with E-state index in [0.717, 1.165) is 11.1 Å². The van der Waals surface area contributed by atoms with Gasteiger partial charge in [-0.3, -0.25) is 0 Å². The Morgan fingerprint density at radius 2 is 0.895 bits per heavy atom. The molecule has 91 valence electrons. The first-order valence-electron chi connectivity index (χ1n) is 6.15. The van der Waals surface area contributed by atoms with E-state index in [4.69, 9.17) is 0 Å². The second-order valence-electron chi connectivity index (χ2n) is 4.37. The van der Waals surface area contributed by atoms with Gasteiger partial charge in [0.05, 0.1) is 0 Å². The molecule has 0 atom stereocenters. The molecular weight excluding hydrogens is 235 g/mol. The number of rotatable bonds is 2. The average Bonchev–Trinajstić information content (AvgIpc) is 2.49. The van der Waals surface area contributed by atoms with Crippen LogP contribution in [0.5, 0.6) is 0 Å². The molecule has 0 nitrogen and oxygen atoms in total. The van der Waals surface area contributed by atoms with Gasteiger partial charge in [-0.05, 0) is 40.5 Å². The topological polar surface area (TPSA) is 0 Å². The lowest BCUT2D eigenvalue weighted by Gasteiger charge is -2.05. The summed E-state index contributed by atoms with van der Waals surface area (Å²) in [5.41, 5.74) is 4.45. The van der Waals surface area contributed by atoms with Gasteiger partial charge in [0.2, 0.25) is 0 Å². The average molecular weight is 247 g/mol. The molecule has 0 heterocycles. The fourth-order valence-electron chi connectivity index (χ4n) is 2.08. The molecule has 3 aromatic carbocycles. The van der Waals surface area contributed by atoms with Gasteiger partial charge in [0.15, 0.2) is 0 Å². The number of halogens is 1. The molecule has 19 heavy (non-hydrogen) atoms. The van der Waals surface area contributed by atoms with E-state index in [0.29, 0.717) is 0 Å². The molecule has 0 N–H and O–H groups in total. The maximum Gasteiger partial charge on any atom is 0.123 e. The van der Waals surface area contributed by atoms with E-state index in [1.807, 2.05) is 24.3 Å². The van der Waals surface area contributed by atoms with Gasteiger partial charge in [-0.25, -0.2) is 4.39 Å². The zero-order chi connectivity index (χ0) is 13.1. The normalized spacial score (nSPS) is 10.4. The summed E-state index contributed by atoms with van der Waals surface area (Å²) in [6, 6.07) is 25.7. The Bertz CT molecular complexity index is 652. The summed E-state index contributed by atoms with van der Waals surface area (Å²) in [7, 11) is 0. The van der Waals surface area contributed by atoms with E-state index in [1.54, 1.807) is 12.1 Å². The second-order valence-corrected chi connectivity index (χ2v) is 4.37. The highest BCUT2D eigenvalue weighted by Gasteiger charge is 2.00. The van der Waals surface area contributed by atoms with E-state index < -0.39 is 0 Å². The zero-order valence-corrected chi connectivity index (χ0v) is 10.3. The molecule has 0 bridgehead atoms. The van der Waals surface area contributed by atoms with E-state index in [-0.39, 0.29) is 5.82 Å². The summed E-state index contributed by atoms with van der Waals surface area (Å²) in [5.74, 6) is -0.207. The van der Waals surface area contributed by atoms with Crippen LogP contribution in [0, 0.1) is 11.9 Å². The number of hydrogen-bond acceptors (Lipinski definition) is 0. The van der Waals surface area contributed by atoms with Crippen molar-refractivity contribution in [3.8, 4) is 22.3 Å². The number of hydrogen-bond donors (Lipinski definition) is 0. The first-order chi connectivity index (χ1) is 9.33. The van der Waals surface area contributed by atoms with Gasteiger partial charge in [0, 0.05) is 0 Å². The van der Waals surface area contributed by atoms with Gasteiger partial charge in [-0.2, -0.15) is 0 Å². The molecule has 0 spiro atoms. The van der Waals surface area contributed by atoms with Crippen LogP contribution in [0.2, 0.25) is 0 Å². The third-order valence-electron chi connectivity index (χ3n) is 3.11. The van der Waals surface area contributed by atoms with Crippen molar-refractivity contribution in [2.45, 2.75) is 0 Å². The summed E-state index contributed by atoms with van der Waals surface area (Å²) in [5, 5.41) is 0. The molecule has 3 aromatic rings. The molecule has 0 aliphatic rings. The standard InChI is InChI=1S/C18H12F/c19-18-12-10-17(11-13-18)16-8-6-15(7-9-16)14-4-2-1-3-5-14/h2-13H. The van der Waals surface area contributed by atoms with Crippen molar-refractivity contribution in [3.63, 3.8) is 0 Å². The molecular formula is C18H12F. The molecule has 0 aromatic heterocycles. The van der Waals surface area contributed by atoms with Crippen molar-refractivity contribution >= 4 is 0 Å². The molecule has 0 aliphatic carbocycles. The van der Waals surface area contributed by atoms with Gasteiger partial charge in [0.1, 0.15) is 5.82 Å². The Kier molecular flexibility index (Phi) is 3.11. The van der Waals surface area contributed by atoms with Gasteiger partial charge in [0.25, 0.3) is 0 Å². The summed E-state index contributed by atoms with van der Waals surface area (Å²) < 4.78 is 12.9. The van der Waals surface area contributed by atoms with Crippen molar-refractivity contribution in [2.24, 2.45) is 0 Å². The van der Waals surface area contributed by atoms with Crippen molar-refractivity contribution in [3.05, 3.63) is 84.7 Å². The first-order valence-corrected chi connectivity index (χ1v) is 6.15. The molecule has 0 unspecified atom stereocenters. The minimum absolute atomic E-state index is 0.207. The molecule has 1 radical (unpaired) electrons. The zero-order valence-electron chi connectivity index (χ0n) is 10.3. The highest BCUT2D eigenvalue weighted by atomic mass is 19.1. The fraction of sp³-hybridized carbons (Fsp3) is 0. The van der Waals surface area contributed by atoms with Crippen LogP contribution in [0.3, 0.4) is 0 Å². The van der Waals surface area contributed by atoms with Crippen LogP contribution < -0.4 is 0 Å². The van der Waals surface area contributed by atoms with Crippen LogP contribution in [-0.2, 0) is 0 Å². The van der Waals surface area contributed by atoms with E-state index in [9.17, 15) is 4.39 Å². The molecule has 0 saturated carbocycles. The minimum atomic E-state index is -0.207. The van der Waals surface area contributed by atoms with Crippen molar-refractivity contribution < 1.29 is 4.39 Å². The summed E-state index contributed by atoms with van der Waals surface area (Å²) in [6.45, 7) is 0. The molecule has 0 aliphatic heterocycles. The quantitative estimate of drug-likeness (QED) is 0.600. The van der Waals surface area contributed by atoms with E-state index in [2.05, 4.69) is 30.3 Å². The summed E-state index contributed by atoms with van der Waals surface area (Å²) >= 11 is 0. The maximum absolute atomic E-state index is 12.9. The first kappa shape index (κ1) is 11.7. The van der Waals surface area contributed by atoms with Gasteiger partial charge < -0.3 is 0 Å². The van der Waals surface area contributed by atoms with Crippen LogP contribution in [0.4, 0.5) is 4.39 Å². The van der Waals surface area contributed by atoms with Crippen molar-refractivity contribution in [1.29, 1.82) is 0 Å². The lowest BCUT2D eigenvalue weighted by molar-refractivity contribution is 0.628. The third kappa shape index (κ3) is 2.55. The van der Waals surface area contributed by atoms with Crippen LogP contribution in [-0.4, -0.2) is 0 Å². The predicted octanol–water partition coefficient (Wildman–Crippen LogP) is 4.96. The smallest absolute Gasteiger partial charge is 0.123 e. The molecule has 0 amide bonds. The van der Waals surface area contributed by atoms with E-state index in [1.165, 1.54) is 23.3 Å². The van der Waals surface area contributed by atoms with Crippen LogP contribution in [0.15, 0.2) is 72.8 Å². The predicted molar refractivity (Wildman–Crippen MR) is 76.1 cm³/mol. The highest BCUT2D eigenvalue weighted by Crippen LogP contribution is 2.24. The largest absolute Gasteiger partial charge is 0.207 e. The summed E-state index contributed by atoms with van der Waals surface area (Å²) in [6.07, 6.45) is 0. The lowest BCUT2D eigenvalue weighted by atomic mass is 10.0. The molecule has 3 rings (SSSR count). The Morgan fingerprint density at radius 3 is 1.37 bits per heavy atom. The van der Waals surface area contributed by atoms with Crippen molar-refractivity contribution in [2.75, 3.05) is 0 Å². The van der Waals surface area contributed by atoms with Crippen LogP contribution in [0.25, 0.3) is 22.3 Å². The Hall–Kier alpha value is -2.41. The van der Waals surface area contributed by atoms with Gasteiger partial charge in [-0.1, -0.05) is 60.7 Å². The Morgan fingerprint density at radius 1 is 0.526 bits per heavy atom. The summed E-state index contributed by atoms with van der Waals surface area (Å²) in [4.78, 5) is 0. The van der Waals surface area contributed by atoms with Gasteiger partial charge >= 0.3 is 0 Å². The lowest BCUT2D eigenvalue weighted by Crippen LogP contribution is -1.81. The fourth-order valence-corrected chi connectivity index (χ4v) is 2.08. The maximum atomic E-state index is 12.9. The molecule has 0 saturated heterocycles. The monoisotopic (exact) mass is 247 g/mol. The highest BCUT2D eigenvalue weighted by molar-refractivity contribution is 5.70. The van der Waals surface area contributed by atoms with Crippen molar-refractivity contribution in [1.82, 2.24) is 0 Å². The third-order valence-corrected chi connectivity index (χ3v) is 3.11.